The van der Waals surface area contributed by atoms with Crippen LogP contribution in [0.5, 0.6) is 0 Å². The van der Waals surface area contributed by atoms with Crippen LogP contribution < -0.4 is 11.1 Å². The summed E-state index contributed by atoms with van der Waals surface area (Å²) in [7, 11) is 0. The quantitative estimate of drug-likeness (QED) is 0.0514. The summed E-state index contributed by atoms with van der Waals surface area (Å²) in [6.45, 7) is -10.3. The van der Waals surface area contributed by atoms with Crippen LogP contribution in [0.1, 0.15) is 18.9 Å². The molecule has 0 bridgehead atoms. The summed E-state index contributed by atoms with van der Waals surface area (Å²) in [5, 5.41) is 5.75. The molecule has 7 rings (SSSR count). The van der Waals surface area contributed by atoms with Gasteiger partial charge in [0.15, 0.2) is 53.2 Å². The van der Waals surface area contributed by atoms with Gasteiger partial charge in [-0.1, -0.05) is 29.6 Å². The lowest BCUT2D eigenvalue weighted by Gasteiger charge is -2.28. The van der Waals surface area contributed by atoms with Gasteiger partial charge in [0.25, 0.3) is 0 Å². The molecule has 3 fully saturated rings. The number of hydrogen-bond donors (Lipinski definition) is 4. The molecule has 29 heteroatoms. The van der Waals surface area contributed by atoms with Crippen molar-refractivity contribution in [3.63, 3.8) is 0 Å². The first-order valence-electron chi connectivity index (χ1n) is 15.3. The molecule has 0 aromatic carbocycles. The van der Waals surface area contributed by atoms with Crippen LogP contribution in [0.2, 0.25) is 0 Å². The van der Waals surface area contributed by atoms with E-state index in [2.05, 4.69) is 69.7 Å². The summed E-state index contributed by atoms with van der Waals surface area (Å²) in [4.78, 5) is 39.2. The van der Waals surface area contributed by atoms with E-state index < -0.39 is 82.1 Å². The Bertz CT molecular complexity index is 2170. The maximum absolute atomic E-state index is 16.3. The molecular weight excluding hydrogens is 794 g/mol. The average molecular weight is 822 g/mol. The summed E-state index contributed by atoms with van der Waals surface area (Å²) in [6.07, 6.45) is -9.58. The van der Waals surface area contributed by atoms with Crippen molar-refractivity contribution >= 4 is 78.1 Å². The number of nitrogens with two attached hydrogens (primary N) is 1. The molecule has 0 saturated carbocycles. The van der Waals surface area contributed by atoms with Crippen molar-refractivity contribution in [2.75, 3.05) is 37.4 Å². The van der Waals surface area contributed by atoms with E-state index in [0.717, 1.165) is 23.5 Å². The van der Waals surface area contributed by atoms with Gasteiger partial charge in [0.05, 0.1) is 32.5 Å². The number of ether oxygens (including phenoxy) is 3. The molecule has 0 spiro atoms. The number of nitrogen functional groups attached to an aromatic ring is 1. The van der Waals surface area contributed by atoms with Crippen molar-refractivity contribution < 1.29 is 55.0 Å². The minimum atomic E-state index is -4.48. The van der Waals surface area contributed by atoms with Gasteiger partial charge in [-0.3, -0.25) is 32.5 Å². The fraction of sp³-hybridized carbons (Fsp3) is 0.542. The van der Waals surface area contributed by atoms with E-state index in [-0.39, 0.29) is 53.5 Å². The summed E-state index contributed by atoms with van der Waals surface area (Å²) >= 11 is 8.02. The van der Waals surface area contributed by atoms with Gasteiger partial charge in [0.1, 0.15) is 42.6 Å². The average Bonchev–Trinajstić information content (AvgIpc) is 3.88. The molecule has 0 radical (unpaired) electrons. The first kappa shape index (κ1) is 37.6. The molecule has 3 saturated heterocycles. The number of carbonyl (C=O) groups is 1. The molecule has 0 aliphatic carbocycles. The van der Waals surface area contributed by atoms with Crippen molar-refractivity contribution in [3.8, 4) is 0 Å². The number of halogens is 2. The number of hydrogen-bond acceptors (Lipinski definition) is 18. The lowest BCUT2D eigenvalue weighted by Crippen LogP contribution is -2.36. The molecule has 23 nitrogen and oxygen atoms in total. The molecule has 4 aromatic rings. The number of azide groups is 1. The van der Waals surface area contributed by atoms with Crippen LogP contribution in [-0.2, 0) is 41.4 Å². The van der Waals surface area contributed by atoms with Crippen molar-refractivity contribution in [2.24, 2.45) is 5.11 Å². The van der Waals surface area contributed by atoms with E-state index in [1.165, 1.54) is 10.9 Å². The predicted octanol–water partition coefficient (Wildman–Crippen LogP) is 3.86. The Morgan fingerprint density at radius 1 is 0.943 bits per heavy atom. The zero-order chi connectivity index (χ0) is 37.5. The van der Waals surface area contributed by atoms with E-state index in [0.29, 0.717) is 0 Å². The van der Waals surface area contributed by atoms with Gasteiger partial charge in [-0.05, 0) is 12.0 Å². The van der Waals surface area contributed by atoms with Crippen LogP contribution in [0.25, 0.3) is 32.8 Å². The third-order valence-corrected chi connectivity index (χ3v) is 11.3. The van der Waals surface area contributed by atoms with Crippen LogP contribution in [0.15, 0.2) is 30.4 Å². The second-order valence-electron chi connectivity index (χ2n) is 11.4. The molecule has 4 aromatic heterocycles. The number of anilines is 2. The van der Waals surface area contributed by atoms with Crippen LogP contribution in [0.4, 0.5) is 25.2 Å². The molecule has 3 aliphatic heterocycles. The number of thiol groups is 2. The number of rotatable bonds is 7. The van der Waals surface area contributed by atoms with Crippen molar-refractivity contribution in [2.45, 2.75) is 55.6 Å². The third-order valence-electron chi connectivity index (χ3n) is 8.06. The number of fused-ring (bicyclic) bond motifs is 4. The highest BCUT2D eigenvalue weighted by atomic mass is 32.7. The number of amides is 1. The lowest BCUT2D eigenvalue weighted by atomic mass is 10.1. The van der Waals surface area contributed by atoms with E-state index in [1.807, 2.05) is 0 Å². The van der Waals surface area contributed by atoms with Crippen LogP contribution in [0.3, 0.4) is 0 Å². The second-order valence-corrected chi connectivity index (χ2v) is 17.1. The monoisotopic (exact) mass is 821 g/mol. The van der Waals surface area contributed by atoms with Gasteiger partial charge >= 0.3 is 19.7 Å². The number of imidazole rings is 2. The van der Waals surface area contributed by atoms with Crippen molar-refractivity contribution in [1.82, 2.24) is 39.0 Å². The van der Waals surface area contributed by atoms with Crippen LogP contribution in [-0.4, -0.2) is 108 Å². The first-order valence-corrected chi connectivity index (χ1v) is 20.7. The number of carbonyl (C=O) groups excluding carboxylic acids is 1. The number of aromatic nitrogens is 8. The highest BCUT2D eigenvalue weighted by Crippen LogP contribution is 2.60. The Kier molecular flexibility index (Phi) is 10.8. The predicted molar refractivity (Wildman–Crippen MR) is 181 cm³/mol. The van der Waals surface area contributed by atoms with E-state index in [4.69, 9.17) is 43.6 Å². The van der Waals surface area contributed by atoms with Gasteiger partial charge in [-0.15, -0.1) is 0 Å². The minimum Gasteiger partial charge on any atom is -0.449 e. The molecule has 284 valence electrons. The number of alkyl halides is 2. The molecule has 10 atom stereocenters. The molecular formula is C24H27F2N13O10P2S2. The minimum absolute atomic E-state index is 0.00798. The first-order chi connectivity index (χ1) is 25.4. The normalized spacial score (nSPS) is 33.4. The van der Waals surface area contributed by atoms with Crippen molar-refractivity contribution in [1.29, 1.82) is 0 Å². The molecule has 0 unspecified atom stereocenters. The topological polar surface area (TPSA) is 290 Å². The van der Waals surface area contributed by atoms with Crippen LogP contribution >= 0.6 is 38.1 Å². The molecule has 53 heavy (non-hydrogen) atoms. The Hall–Kier alpha value is -3.74. The molecule has 1 amide bonds. The summed E-state index contributed by atoms with van der Waals surface area (Å²) in [5.41, 5.74) is 14.5. The van der Waals surface area contributed by atoms with Gasteiger partial charge in [-0.25, -0.2) is 52.6 Å². The highest BCUT2D eigenvalue weighted by molar-refractivity contribution is 8.44. The lowest BCUT2D eigenvalue weighted by molar-refractivity contribution is -0.0544. The zero-order valence-corrected chi connectivity index (χ0v) is 30.2. The number of nitrogens with zero attached hydrogens (tertiary/aromatic N) is 11. The van der Waals surface area contributed by atoms with Gasteiger partial charge in [0.2, 0.25) is 0 Å². The largest absolute Gasteiger partial charge is 0.449 e. The standard InChI is InChI=1S/C24H27F2N13O10P2S2/c25-12-16-10(46-22(12)38-8-33-14-18(27)29-6-31-20(14)38)4-44-51(42,53)49-17-11(5-45-50(41,52)48-16)47-23(13(17)26)39-9-34-15-19(30-7-32-21(15)39)36-24(40)43-3-1-2-35-37-28/h6-13,16-17,22-23H,1-5H2,(H,41,52)(H,42,53)(H2,27,29,31)(H,30,32,36,40)/t10-,11-,12-,13-,16-,17-,22-,23-,50-,51-/m1/s1. The van der Waals surface area contributed by atoms with E-state index in [1.54, 1.807) is 0 Å². The van der Waals surface area contributed by atoms with E-state index >= 15 is 8.78 Å². The molecule has 7 heterocycles. The Balaban J connectivity index is 1.09. The van der Waals surface area contributed by atoms with Gasteiger partial charge in [0, 0.05) is 11.5 Å². The summed E-state index contributed by atoms with van der Waals surface area (Å²) < 4.78 is 100. The SMILES string of the molecule is [N-]=[N+]=NCCCOC(=O)Nc1ncnc2c1ncn2[C@@H]1O[C@@H]2CO[P@@](=O)(S)O[C@H]3[C@@H](F)[C@H](n4cnc5c(N)ncnc54)O[C@@H]3CO[P@@](=O)(S)O[C@H]2[C@H]1F. The van der Waals surface area contributed by atoms with Crippen molar-refractivity contribution in [3.05, 3.63) is 35.8 Å². The molecule has 3 N–H and O–H groups in total. The fourth-order valence-electron chi connectivity index (χ4n) is 5.72. The summed E-state index contributed by atoms with van der Waals surface area (Å²) in [5.74, 6) is -0.0592. The van der Waals surface area contributed by atoms with Crippen LogP contribution in [0, 0.1) is 0 Å². The maximum Gasteiger partial charge on any atom is 0.412 e. The Morgan fingerprint density at radius 3 is 2.08 bits per heavy atom. The van der Waals surface area contributed by atoms with Gasteiger partial charge in [-0.2, -0.15) is 0 Å². The highest BCUT2D eigenvalue weighted by Gasteiger charge is 2.54. The summed E-state index contributed by atoms with van der Waals surface area (Å²) in [6, 6.07) is 0. The Morgan fingerprint density at radius 2 is 1.49 bits per heavy atom. The fourth-order valence-corrected chi connectivity index (χ4v) is 8.69. The third kappa shape index (κ3) is 7.77. The second kappa shape index (κ2) is 15.2. The van der Waals surface area contributed by atoms with E-state index in [9.17, 15) is 13.9 Å². The zero-order valence-electron chi connectivity index (χ0n) is 26.6. The number of nitrogens with one attached hydrogen (secondary N) is 1. The van der Waals surface area contributed by atoms with Gasteiger partial charge < -0.3 is 19.9 Å². The smallest absolute Gasteiger partial charge is 0.412 e. The Labute approximate surface area is 305 Å². The molecule has 3 aliphatic rings. The maximum atomic E-state index is 16.3.